The van der Waals surface area contributed by atoms with Crippen molar-refractivity contribution in [3.63, 3.8) is 0 Å². The molecule has 1 amide bonds. The topological polar surface area (TPSA) is 32.3 Å². The van der Waals surface area contributed by atoms with Crippen molar-refractivity contribution in [3.8, 4) is 0 Å². The first kappa shape index (κ1) is 14.5. The van der Waals surface area contributed by atoms with Crippen LogP contribution in [0.1, 0.15) is 30.1 Å². The number of halogens is 1. The van der Waals surface area contributed by atoms with E-state index in [1.54, 1.807) is 0 Å². The van der Waals surface area contributed by atoms with Crippen molar-refractivity contribution in [2.45, 2.75) is 19.8 Å². The van der Waals surface area contributed by atoms with Gasteiger partial charge in [0, 0.05) is 17.6 Å². The zero-order valence-corrected chi connectivity index (χ0v) is 12.9. The van der Waals surface area contributed by atoms with Gasteiger partial charge in [-0.1, -0.05) is 12.1 Å². The van der Waals surface area contributed by atoms with Gasteiger partial charge in [0.2, 0.25) is 0 Å². The third kappa shape index (κ3) is 3.80. The predicted molar refractivity (Wildman–Crippen MR) is 81.3 cm³/mol. The maximum atomic E-state index is 12.6. The lowest BCUT2D eigenvalue weighted by Gasteiger charge is -2.29. The second-order valence-electron chi connectivity index (χ2n) is 5.02. The van der Waals surface area contributed by atoms with Crippen molar-refractivity contribution in [1.82, 2.24) is 10.2 Å². The molecule has 3 nitrogen and oxygen atoms in total. The average Bonchev–Trinajstić information content (AvgIpc) is 2.46. The number of hydrogen-bond donors (Lipinski definition) is 1. The van der Waals surface area contributed by atoms with E-state index in [4.69, 9.17) is 0 Å². The number of carbonyl (C=O) groups is 1. The van der Waals surface area contributed by atoms with E-state index in [1.165, 1.54) is 12.8 Å². The van der Waals surface area contributed by atoms with Gasteiger partial charge in [-0.05, 0) is 66.8 Å². The number of nitrogens with one attached hydrogen (secondary N) is 1. The van der Waals surface area contributed by atoms with Crippen LogP contribution in [-0.2, 0) is 0 Å². The first-order valence-electron chi connectivity index (χ1n) is 6.97. The van der Waals surface area contributed by atoms with Crippen LogP contribution in [0.4, 0.5) is 0 Å². The quantitative estimate of drug-likeness (QED) is 0.923. The number of rotatable bonds is 4. The average molecular weight is 325 g/mol. The van der Waals surface area contributed by atoms with Crippen LogP contribution in [0.15, 0.2) is 28.7 Å². The molecule has 1 N–H and O–H groups in total. The third-order valence-electron chi connectivity index (χ3n) is 3.71. The first-order valence-corrected chi connectivity index (χ1v) is 7.76. The van der Waals surface area contributed by atoms with Crippen molar-refractivity contribution >= 4 is 21.8 Å². The molecule has 0 unspecified atom stereocenters. The van der Waals surface area contributed by atoms with Crippen molar-refractivity contribution in [3.05, 3.63) is 34.3 Å². The van der Waals surface area contributed by atoms with Crippen molar-refractivity contribution in [2.24, 2.45) is 5.92 Å². The van der Waals surface area contributed by atoms with E-state index in [1.807, 2.05) is 29.2 Å². The van der Waals surface area contributed by atoms with Gasteiger partial charge in [0.1, 0.15) is 0 Å². The normalized spacial score (nSPS) is 16.3. The summed E-state index contributed by atoms with van der Waals surface area (Å²) in [6.07, 6.45) is 2.33. The molecule has 0 aliphatic carbocycles. The Balaban J connectivity index is 2.04. The number of benzene rings is 1. The summed E-state index contributed by atoms with van der Waals surface area (Å²) in [5, 5.41) is 3.37. The smallest absolute Gasteiger partial charge is 0.254 e. The molecule has 0 atom stereocenters. The summed E-state index contributed by atoms with van der Waals surface area (Å²) in [4.78, 5) is 14.5. The molecule has 0 radical (unpaired) electrons. The van der Waals surface area contributed by atoms with E-state index in [2.05, 4.69) is 28.2 Å². The minimum atomic E-state index is 0.133. The standard InChI is InChI=1S/C15H21BrN2O/c1-2-18(11-12-7-9-17-10-8-12)15(19)13-5-3-4-6-14(13)16/h3-6,12,17H,2,7-11H2,1H3. The molecule has 1 heterocycles. The Hall–Kier alpha value is -0.870. The molecule has 19 heavy (non-hydrogen) atoms. The van der Waals surface area contributed by atoms with E-state index in [0.717, 1.165) is 36.2 Å². The van der Waals surface area contributed by atoms with Gasteiger partial charge in [-0.3, -0.25) is 4.79 Å². The number of nitrogens with zero attached hydrogens (tertiary/aromatic N) is 1. The Morgan fingerprint density at radius 3 is 2.68 bits per heavy atom. The lowest BCUT2D eigenvalue weighted by molar-refractivity contribution is 0.0726. The monoisotopic (exact) mass is 324 g/mol. The molecule has 4 heteroatoms. The highest BCUT2D eigenvalue weighted by Crippen LogP contribution is 2.20. The van der Waals surface area contributed by atoms with Crippen LogP contribution in [0.3, 0.4) is 0 Å². The number of piperidine rings is 1. The fourth-order valence-electron chi connectivity index (χ4n) is 2.54. The van der Waals surface area contributed by atoms with Gasteiger partial charge in [-0.2, -0.15) is 0 Å². The Morgan fingerprint density at radius 1 is 1.37 bits per heavy atom. The van der Waals surface area contributed by atoms with E-state index in [9.17, 15) is 4.79 Å². The Morgan fingerprint density at radius 2 is 2.05 bits per heavy atom. The maximum Gasteiger partial charge on any atom is 0.254 e. The summed E-state index contributed by atoms with van der Waals surface area (Å²) in [6.45, 7) is 5.84. The molecule has 0 spiro atoms. The van der Waals surface area contributed by atoms with Crippen molar-refractivity contribution in [1.29, 1.82) is 0 Å². The van der Waals surface area contributed by atoms with Gasteiger partial charge in [-0.15, -0.1) is 0 Å². The van der Waals surface area contributed by atoms with Crippen LogP contribution >= 0.6 is 15.9 Å². The molecule has 2 rings (SSSR count). The van der Waals surface area contributed by atoms with Crippen LogP contribution in [0, 0.1) is 5.92 Å². The lowest BCUT2D eigenvalue weighted by Crippen LogP contribution is -2.39. The fraction of sp³-hybridized carbons (Fsp3) is 0.533. The highest BCUT2D eigenvalue weighted by atomic mass is 79.9. The fourth-order valence-corrected chi connectivity index (χ4v) is 2.99. The summed E-state index contributed by atoms with van der Waals surface area (Å²) in [7, 11) is 0. The second kappa shape index (κ2) is 7.06. The largest absolute Gasteiger partial charge is 0.339 e. The molecule has 1 aromatic rings. The van der Waals surface area contributed by atoms with E-state index >= 15 is 0 Å². The molecule has 0 saturated carbocycles. The molecule has 104 valence electrons. The van der Waals surface area contributed by atoms with Crippen LogP contribution in [0.5, 0.6) is 0 Å². The highest BCUT2D eigenvalue weighted by Gasteiger charge is 2.21. The van der Waals surface area contributed by atoms with E-state index < -0.39 is 0 Å². The van der Waals surface area contributed by atoms with Gasteiger partial charge < -0.3 is 10.2 Å². The maximum absolute atomic E-state index is 12.6. The Kier molecular flexibility index (Phi) is 5.40. The van der Waals surface area contributed by atoms with Crippen molar-refractivity contribution < 1.29 is 4.79 Å². The second-order valence-corrected chi connectivity index (χ2v) is 5.87. The van der Waals surface area contributed by atoms with Crippen LogP contribution in [0.2, 0.25) is 0 Å². The highest BCUT2D eigenvalue weighted by molar-refractivity contribution is 9.10. The molecule has 1 saturated heterocycles. The molecule has 0 bridgehead atoms. The van der Waals surface area contributed by atoms with Crippen molar-refractivity contribution in [2.75, 3.05) is 26.2 Å². The minimum absolute atomic E-state index is 0.133. The number of carbonyl (C=O) groups excluding carboxylic acids is 1. The molecular formula is C15H21BrN2O. The molecule has 0 aromatic heterocycles. The molecule has 1 aromatic carbocycles. The Bertz CT molecular complexity index is 430. The molecule has 1 aliphatic rings. The lowest BCUT2D eigenvalue weighted by atomic mass is 9.97. The third-order valence-corrected chi connectivity index (χ3v) is 4.40. The first-order chi connectivity index (χ1) is 9.22. The summed E-state index contributed by atoms with van der Waals surface area (Å²) < 4.78 is 0.878. The zero-order valence-electron chi connectivity index (χ0n) is 11.4. The van der Waals surface area contributed by atoms with Gasteiger partial charge in [0.25, 0.3) is 5.91 Å². The number of amides is 1. The minimum Gasteiger partial charge on any atom is -0.339 e. The van der Waals surface area contributed by atoms with E-state index in [-0.39, 0.29) is 5.91 Å². The van der Waals surface area contributed by atoms with Gasteiger partial charge in [0.05, 0.1) is 5.56 Å². The molecular weight excluding hydrogens is 304 g/mol. The molecule has 1 aliphatic heterocycles. The SMILES string of the molecule is CCN(CC1CCNCC1)C(=O)c1ccccc1Br. The van der Waals surface area contributed by atoms with Gasteiger partial charge in [0.15, 0.2) is 0 Å². The summed E-state index contributed by atoms with van der Waals surface area (Å²) in [5.41, 5.74) is 0.762. The Labute approximate surface area is 123 Å². The zero-order chi connectivity index (χ0) is 13.7. The summed E-state index contributed by atoms with van der Waals surface area (Å²) >= 11 is 3.46. The van der Waals surface area contributed by atoms with Crippen LogP contribution in [-0.4, -0.2) is 37.0 Å². The number of hydrogen-bond acceptors (Lipinski definition) is 2. The van der Waals surface area contributed by atoms with Crippen LogP contribution < -0.4 is 5.32 Å². The van der Waals surface area contributed by atoms with Gasteiger partial charge >= 0.3 is 0 Å². The van der Waals surface area contributed by atoms with Gasteiger partial charge in [-0.25, -0.2) is 0 Å². The summed E-state index contributed by atoms with van der Waals surface area (Å²) in [6, 6.07) is 7.66. The summed E-state index contributed by atoms with van der Waals surface area (Å²) in [5.74, 6) is 0.765. The van der Waals surface area contributed by atoms with Crippen LogP contribution in [0.25, 0.3) is 0 Å². The predicted octanol–water partition coefficient (Wildman–Crippen LogP) is 2.91. The molecule has 1 fully saturated rings. The van der Waals surface area contributed by atoms with E-state index in [0.29, 0.717) is 5.92 Å².